The molecule has 69 heavy (non-hydrogen) atoms. The third-order valence-corrected chi connectivity index (χ3v) is 9.83. The molecule has 4 N–H and O–H groups in total. The lowest BCUT2D eigenvalue weighted by Crippen LogP contribution is -2.35. The number of hydrogen-bond donors (Lipinski definition) is 3. The minimum absolute atomic E-state index is 0.0843. The maximum absolute atomic E-state index is 13.9. The molecule has 5 aromatic rings. The first-order valence-corrected chi connectivity index (χ1v) is 22.5. The molecule has 0 aliphatic carbocycles. The Balaban J connectivity index is 0.00000511. The van der Waals surface area contributed by atoms with Crippen molar-refractivity contribution in [2.75, 3.05) is 58.7 Å². The molecule has 2 aromatic carbocycles. The molecule has 0 aliphatic rings. The van der Waals surface area contributed by atoms with E-state index >= 15 is 0 Å². The molecule has 372 valence electrons. The number of nitrogens with zero attached hydrogens (tertiary/aromatic N) is 8. The number of amides is 3. The Morgan fingerprint density at radius 1 is 0.841 bits per heavy atom. The van der Waals surface area contributed by atoms with E-state index in [0.717, 1.165) is 0 Å². The summed E-state index contributed by atoms with van der Waals surface area (Å²) in [4.78, 5) is 80.9. The summed E-state index contributed by atoms with van der Waals surface area (Å²) in [6.07, 6.45) is 4.98. The summed E-state index contributed by atoms with van der Waals surface area (Å²) >= 11 is 0. The number of nitrogens with one attached hydrogen (secondary N) is 2. The minimum Gasteiger partial charge on any atom is -0.494 e. The van der Waals surface area contributed by atoms with Crippen molar-refractivity contribution in [2.45, 2.75) is 94.0 Å². The van der Waals surface area contributed by atoms with Crippen LogP contribution >= 0.6 is 0 Å². The Bertz CT molecular complexity index is 2750. The largest absolute Gasteiger partial charge is 0.494 e. The fraction of sp³-hybridized carbons (Fsp3) is 0.438. The standard InChI is InChI=1S/C46H59N11O10.C2H6/c1-12-48-33(21-27(3)47)39(58)51-43-49-31-23-29(41(60)64-10)25-35(63-9)37(31)55(43)18-14-15-19-56-38-32(50-44(56)52-40(59)34-22-28(4)53-57(34)13-2)24-30(42(61)65-11)26-36(38)66-20-16-17-54(8)45(62)67-46(5,6)7;1-2/h14-15,21-26H,12-13,16-20,47H2,1-11H3,(H,49,51,58)(H,50,52,59);1-2H3/b15-14+,27-21-,48-33?;. The molecular weight excluding hydrogens is 891 g/mol. The van der Waals surface area contributed by atoms with Gasteiger partial charge < -0.3 is 43.5 Å². The van der Waals surface area contributed by atoms with Gasteiger partial charge in [0.1, 0.15) is 39.5 Å². The Morgan fingerprint density at radius 3 is 1.90 bits per heavy atom. The van der Waals surface area contributed by atoms with E-state index in [4.69, 9.17) is 34.4 Å². The van der Waals surface area contributed by atoms with Crippen LogP contribution in [0.5, 0.6) is 11.5 Å². The highest BCUT2D eigenvalue weighted by Crippen LogP contribution is 2.33. The van der Waals surface area contributed by atoms with Crippen molar-refractivity contribution in [1.82, 2.24) is 33.8 Å². The Hall–Kier alpha value is -7.71. The first kappa shape index (κ1) is 53.9. The number of carbonyl (C=O) groups is 5. The molecule has 5 rings (SSSR count). The van der Waals surface area contributed by atoms with Gasteiger partial charge in [-0.1, -0.05) is 26.0 Å². The summed E-state index contributed by atoms with van der Waals surface area (Å²) in [7, 11) is 5.60. The number of nitrogens with two attached hydrogens (primary N) is 1. The molecule has 3 aromatic heterocycles. The van der Waals surface area contributed by atoms with E-state index in [1.807, 2.05) is 26.8 Å². The lowest BCUT2D eigenvalue weighted by atomic mass is 10.2. The molecule has 0 spiro atoms. The van der Waals surface area contributed by atoms with Gasteiger partial charge in [-0.2, -0.15) is 5.10 Å². The van der Waals surface area contributed by atoms with Crippen molar-refractivity contribution in [3.8, 4) is 11.5 Å². The fourth-order valence-electron chi connectivity index (χ4n) is 6.89. The number of rotatable bonds is 19. The first-order valence-electron chi connectivity index (χ1n) is 22.5. The van der Waals surface area contributed by atoms with Crippen LogP contribution < -0.4 is 25.8 Å². The minimum atomic E-state index is -0.667. The van der Waals surface area contributed by atoms with Crippen LogP contribution in [0.4, 0.5) is 16.7 Å². The molecule has 0 saturated heterocycles. The van der Waals surface area contributed by atoms with E-state index < -0.39 is 35.4 Å². The van der Waals surface area contributed by atoms with Gasteiger partial charge >= 0.3 is 18.0 Å². The van der Waals surface area contributed by atoms with Crippen LogP contribution in [0.15, 0.2) is 59.2 Å². The predicted octanol–water partition coefficient (Wildman–Crippen LogP) is 6.93. The molecule has 21 heteroatoms. The third kappa shape index (κ3) is 13.7. The van der Waals surface area contributed by atoms with E-state index in [0.29, 0.717) is 65.2 Å². The van der Waals surface area contributed by atoms with Crippen LogP contribution in [0.2, 0.25) is 0 Å². The van der Waals surface area contributed by atoms with Gasteiger partial charge in [0.2, 0.25) is 11.9 Å². The zero-order valence-corrected chi connectivity index (χ0v) is 41.8. The lowest BCUT2D eigenvalue weighted by molar-refractivity contribution is -0.110. The van der Waals surface area contributed by atoms with E-state index in [9.17, 15) is 24.0 Å². The number of aromatic nitrogens is 6. The monoisotopic (exact) mass is 955 g/mol. The molecule has 0 bridgehead atoms. The number of carbonyl (C=O) groups excluding carboxylic acids is 5. The van der Waals surface area contributed by atoms with Gasteiger partial charge in [-0.3, -0.25) is 29.9 Å². The van der Waals surface area contributed by atoms with Crippen LogP contribution in [-0.4, -0.2) is 123 Å². The number of ether oxygens (including phenoxy) is 5. The molecule has 0 aliphatic heterocycles. The number of benzene rings is 2. The van der Waals surface area contributed by atoms with Gasteiger partial charge in [0.15, 0.2) is 0 Å². The highest BCUT2D eigenvalue weighted by atomic mass is 16.6. The summed E-state index contributed by atoms with van der Waals surface area (Å²) in [5.41, 5.74) is 8.55. The van der Waals surface area contributed by atoms with Gasteiger partial charge in [-0.05, 0) is 91.3 Å². The number of imidazole rings is 2. The summed E-state index contributed by atoms with van der Waals surface area (Å²) in [5, 5.41) is 10.2. The predicted molar refractivity (Wildman–Crippen MR) is 263 cm³/mol. The van der Waals surface area contributed by atoms with Crippen LogP contribution in [0.1, 0.15) is 98.7 Å². The van der Waals surface area contributed by atoms with Crippen LogP contribution in [0.3, 0.4) is 0 Å². The van der Waals surface area contributed by atoms with Crippen LogP contribution in [-0.2, 0) is 38.6 Å². The van der Waals surface area contributed by atoms with Crippen molar-refractivity contribution in [2.24, 2.45) is 10.7 Å². The van der Waals surface area contributed by atoms with Crippen molar-refractivity contribution < 1.29 is 47.7 Å². The van der Waals surface area contributed by atoms with E-state index in [-0.39, 0.29) is 59.9 Å². The SMILES string of the molecule is CC.CCN=C(/C=C(/C)N)C(=O)Nc1nc2cc(C(=O)OC)cc(OC)c2n1C/C=C/Cn1c(NC(=O)c2cc(C)nn2CC)nc2cc(C(=O)OC)cc(OCCCN(C)C(=O)OC(C)(C)C)c21. The normalized spacial score (nSPS) is 11.8. The molecule has 0 unspecified atom stereocenters. The number of aliphatic imine (C=N–C) groups is 1. The fourth-order valence-corrected chi connectivity index (χ4v) is 6.89. The van der Waals surface area contributed by atoms with E-state index in [1.165, 1.54) is 50.5 Å². The zero-order chi connectivity index (χ0) is 51.2. The summed E-state index contributed by atoms with van der Waals surface area (Å²) in [6, 6.07) is 7.79. The number of esters is 2. The van der Waals surface area contributed by atoms with Crippen molar-refractivity contribution in [3.05, 3.63) is 76.8 Å². The van der Waals surface area contributed by atoms with E-state index in [2.05, 4.69) is 25.7 Å². The Morgan fingerprint density at radius 2 is 1.39 bits per heavy atom. The van der Waals surface area contributed by atoms with Crippen LogP contribution in [0.25, 0.3) is 22.1 Å². The van der Waals surface area contributed by atoms with Gasteiger partial charge in [0.25, 0.3) is 11.8 Å². The zero-order valence-electron chi connectivity index (χ0n) is 41.8. The molecule has 0 atom stereocenters. The second-order valence-electron chi connectivity index (χ2n) is 16.2. The van der Waals surface area contributed by atoms with Gasteiger partial charge in [0.05, 0.1) is 55.8 Å². The number of aryl methyl sites for hydroxylation is 2. The maximum atomic E-state index is 13.9. The average Bonchev–Trinajstić information content (AvgIpc) is 3.99. The van der Waals surface area contributed by atoms with Gasteiger partial charge in [-0.25, -0.2) is 24.4 Å². The number of anilines is 2. The molecule has 0 radical (unpaired) electrons. The van der Waals surface area contributed by atoms with E-state index in [1.54, 1.807) is 80.6 Å². The quantitative estimate of drug-likeness (QED) is 0.0250. The number of allylic oxidation sites excluding steroid dienone is 3. The first-order chi connectivity index (χ1) is 32.8. The van der Waals surface area contributed by atoms with Gasteiger partial charge in [0, 0.05) is 45.5 Å². The second-order valence-corrected chi connectivity index (χ2v) is 16.2. The molecule has 3 heterocycles. The number of methoxy groups -OCH3 is 3. The summed E-state index contributed by atoms with van der Waals surface area (Å²) in [6.45, 7) is 17.8. The molecule has 21 nitrogen and oxygen atoms in total. The smallest absolute Gasteiger partial charge is 0.410 e. The highest BCUT2D eigenvalue weighted by Gasteiger charge is 2.25. The van der Waals surface area contributed by atoms with Crippen LogP contribution in [0, 0.1) is 6.92 Å². The number of hydrogen-bond acceptors (Lipinski definition) is 15. The second kappa shape index (κ2) is 24.4. The maximum Gasteiger partial charge on any atom is 0.410 e. The van der Waals surface area contributed by atoms with Crippen molar-refractivity contribution in [1.29, 1.82) is 0 Å². The molecular formula is C48H65N11O10. The topological polar surface area (TPSA) is 251 Å². The third-order valence-electron chi connectivity index (χ3n) is 9.83. The highest BCUT2D eigenvalue weighted by molar-refractivity contribution is 6.47. The molecule has 0 saturated carbocycles. The van der Waals surface area contributed by atoms with Crippen molar-refractivity contribution >= 4 is 69.5 Å². The van der Waals surface area contributed by atoms with Crippen molar-refractivity contribution in [3.63, 3.8) is 0 Å². The molecule has 0 fully saturated rings. The average molecular weight is 956 g/mol. The summed E-state index contributed by atoms with van der Waals surface area (Å²) in [5.74, 6) is -1.50. The molecule has 3 amide bonds. The summed E-state index contributed by atoms with van der Waals surface area (Å²) < 4.78 is 32.5. The number of fused-ring (bicyclic) bond motifs is 2. The Kier molecular flexibility index (Phi) is 19.0. The van der Waals surface area contributed by atoms with Gasteiger partial charge in [-0.15, -0.1) is 0 Å². The lowest BCUT2D eigenvalue weighted by Gasteiger charge is -2.24. The Labute approximate surface area is 401 Å².